The van der Waals surface area contributed by atoms with Crippen LogP contribution in [0, 0.1) is 5.92 Å². The Morgan fingerprint density at radius 2 is 2.04 bits per heavy atom. The fourth-order valence-electron chi connectivity index (χ4n) is 3.43. The van der Waals surface area contributed by atoms with Gasteiger partial charge in [-0.05, 0) is 18.9 Å². The summed E-state index contributed by atoms with van der Waals surface area (Å²) in [5.74, 6) is 0.295. The number of amides is 1. The van der Waals surface area contributed by atoms with E-state index in [1.165, 1.54) is 0 Å². The van der Waals surface area contributed by atoms with E-state index >= 15 is 0 Å². The highest BCUT2D eigenvalue weighted by Crippen LogP contribution is 2.36. The number of piperidine rings is 1. The van der Waals surface area contributed by atoms with Crippen molar-refractivity contribution in [3.63, 3.8) is 0 Å². The predicted octanol–water partition coefficient (Wildman–Crippen LogP) is 2.05. The Hall–Kier alpha value is -1.69. The topological polar surface area (TPSA) is 64.6 Å². The van der Waals surface area contributed by atoms with Crippen LogP contribution in [-0.4, -0.2) is 52.2 Å². The van der Waals surface area contributed by atoms with E-state index in [0.29, 0.717) is 12.6 Å². The summed E-state index contributed by atoms with van der Waals surface area (Å²) in [5, 5.41) is 0. The first-order valence-corrected chi connectivity index (χ1v) is 8.44. The van der Waals surface area contributed by atoms with Crippen LogP contribution < -0.4 is 4.74 Å². The zero-order chi connectivity index (χ0) is 16.3. The van der Waals surface area contributed by atoms with Gasteiger partial charge in [-0.25, -0.2) is 9.97 Å². The largest absolute Gasteiger partial charge is 0.460 e. The third-order valence-corrected chi connectivity index (χ3v) is 4.74. The molecule has 2 aliphatic rings. The summed E-state index contributed by atoms with van der Waals surface area (Å²) in [6, 6.07) is 2.21. The maximum atomic E-state index is 12.1. The van der Waals surface area contributed by atoms with Crippen LogP contribution in [0.1, 0.15) is 39.5 Å². The predicted molar refractivity (Wildman–Crippen MR) is 85.0 cm³/mol. The Kier molecular flexibility index (Phi) is 4.80. The molecule has 1 unspecified atom stereocenters. The van der Waals surface area contributed by atoms with Gasteiger partial charge in [0.2, 0.25) is 5.91 Å². The Balaban J connectivity index is 1.57. The lowest BCUT2D eigenvalue weighted by Gasteiger charge is -2.46. The maximum absolute atomic E-state index is 12.1. The van der Waals surface area contributed by atoms with Crippen LogP contribution >= 0.6 is 0 Å². The molecule has 0 radical (unpaired) electrons. The minimum Gasteiger partial charge on any atom is -0.460 e. The molecule has 0 aromatic carbocycles. The summed E-state index contributed by atoms with van der Waals surface area (Å²) in [4.78, 5) is 22.3. The summed E-state index contributed by atoms with van der Waals surface area (Å²) >= 11 is 0. The minimum absolute atomic E-state index is 0.0580. The van der Waals surface area contributed by atoms with E-state index in [-0.39, 0.29) is 23.5 Å². The lowest BCUT2D eigenvalue weighted by molar-refractivity contribution is -0.153. The van der Waals surface area contributed by atoms with E-state index in [1.807, 2.05) is 18.7 Å². The number of hydrogen-bond donors (Lipinski definition) is 0. The Morgan fingerprint density at radius 1 is 1.35 bits per heavy atom. The number of ether oxygens (including phenoxy) is 2. The highest BCUT2D eigenvalue weighted by Gasteiger charge is 2.42. The SMILES string of the molecule is CC(C)C(=O)N1CCC2(CC1)CC(Oc1ncccn1)CCO2. The van der Waals surface area contributed by atoms with Crippen molar-refractivity contribution in [2.75, 3.05) is 19.7 Å². The van der Waals surface area contributed by atoms with Gasteiger partial charge in [0.1, 0.15) is 6.10 Å². The van der Waals surface area contributed by atoms with Gasteiger partial charge >= 0.3 is 6.01 Å². The second-order valence-corrected chi connectivity index (χ2v) is 6.78. The van der Waals surface area contributed by atoms with Crippen molar-refractivity contribution in [2.24, 2.45) is 5.92 Å². The van der Waals surface area contributed by atoms with Gasteiger partial charge in [0.25, 0.3) is 0 Å². The van der Waals surface area contributed by atoms with Crippen LogP contribution in [0.25, 0.3) is 0 Å². The molecule has 1 aromatic rings. The van der Waals surface area contributed by atoms with Crippen molar-refractivity contribution < 1.29 is 14.3 Å². The van der Waals surface area contributed by atoms with Crippen LogP contribution in [0.2, 0.25) is 0 Å². The zero-order valence-corrected chi connectivity index (χ0v) is 13.9. The van der Waals surface area contributed by atoms with E-state index in [4.69, 9.17) is 9.47 Å². The molecule has 1 spiro atoms. The monoisotopic (exact) mass is 319 g/mol. The first kappa shape index (κ1) is 16.2. The molecule has 6 nitrogen and oxygen atoms in total. The minimum atomic E-state index is -0.161. The van der Waals surface area contributed by atoms with Crippen molar-refractivity contribution in [1.82, 2.24) is 14.9 Å². The molecule has 126 valence electrons. The molecule has 2 aliphatic heterocycles. The number of aromatic nitrogens is 2. The van der Waals surface area contributed by atoms with Gasteiger partial charge < -0.3 is 14.4 Å². The molecule has 3 heterocycles. The first-order chi connectivity index (χ1) is 11.1. The summed E-state index contributed by atoms with van der Waals surface area (Å²) in [7, 11) is 0. The van der Waals surface area contributed by atoms with Gasteiger partial charge in [-0.15, -0.1) is 0 Å². The van der Waals surface area contributed by atoms with Crippen molar-refractivity contribution in [1.29, 1.82) is 0 Å². The summed E-state index contributed by atoms with van der Waals surface area (Å²) < 4.78 is 12.0. The maximum Gasteiger partial charge on any atom is 0.316 e. The summed E-state index contributed by atoms with van der Waals surface area (Å²) in [6.45, 7) is 6.13. The molecule has 1 amide bonds. The Labute approximate surface area is 137 Å². The van der Waals surface area contributed by atoms with Crippen molar-refractivity contribution >= 4 is 5.91 Å². The molecule has 0 saturated carbocycles. The van der Waals surface area contributed by atoms with Crippen molar-refractivity contribution in [2.45, 2.75) is 51.2 Å². The number of hydrogen-bond acceptors (Lipinski definition) is 5. The number of nitrogens with zero attached hydrogens (tertiary/aromatic N) is 3. The Morgan fingerprint density at radius 3 is 2.70 bits per heavy atom. The van der Waals surface area contributed by atoms with Gasteiger partial charge in [-0.1, -0.05) is 13.8 Å². The van der Waals surface area contributed by atoms with Crippen LogP contribution in [0.4, 0.5) is 0 Å². The summed E-state index contributed by atoms with van der Waals surface area (Å²) in [5.41, 5.74) is -0.161. The molecule has 2 fully saturated rings. The molecule has 23 heavy (non-hydrogen) atoms. The smallest absolute Gasteiger partial charge is 0.316 e. The second kappa shape index (κ2) is 6.83. The van der Waals surface area contributed by atoms with E-state index in [9.17, 15) is 4.79 Å². The molecule has 2 saturated heterocycles. The Bertz CT molecular complexity index is 527. The van der Waals surface area contributed by atoms with E-state index in [2.05, 4.69) is 9.97 Å². The molecule has 3 rings (SSSR count). The standard InChI is InChI=1S/C17H25N3O3/c1-13(2)15(21)20-9-5-17(6-10-20)12-14(4-11-22-17)23-16-18-7-3-8-19-16/h3,7-8,13-14H,4-6,9-12H2,1-2H3. The average molecular weight is 319 g/mol. The van der Waals surface area contributed by atoms with Crippen LogP contribution in [-0.2, 0) is 9.53 Å². The number of likely N-dealkylation sites (tertiary alicyclic amines) is 1. The fourth-order valence-corrected chi connectivity index (χ4v) is 3.43. The first-order valence-electron chi connectivity index (χ1n) is 8.44. The average Bonchev–Trinajstić information content (AvgIpc) is 2.56. The second-order valence-electron chi connectivity index (χ2n) is 6.78. The zero-order valence-electron chi connectivity index (χ0n) is 13.9. The quantitative estimate of drug-likeness (QED) is 0.853. The molecule has 6 heteroatoms. The van der Waals surface area contributed by atoms with Crippen LogP contribution in [0.5, 0.6) is 6.01 Å². The third kappa shape index (κ3) is 3.80. The third-order valence-electron chi connectivity index (χ3n) is 4.74. The van der Waals surface area contributed by atoms with Gasteiger partial charge in [-0.2, -0.15) is 0 Å². The van der Waals surface area contributed by atoms with Crippen LogP contribution in [0.15, 0.2) is 18.5 Å². The molecular formula is C17H25N3O3. The lowest BCUT2D eigenvalue weighted by Crippen LogP contribution is -2.53. The highest BCUT2D eigenvalue weighted by molar-refractivity contribution is 5.78. The van der Waals surface area contributed by atoms with Gasteiger partial charge in [0.05, 0.1) is 12.2 Å². The number of carbonyl (C=O) groups excluding carboxylic acids is 1. The van der Waals surface area contributed by atoms with Crippen LogP contribution in [0.3, 0.4) is 0 Å². The highest BCUT2D eigenvalue weighted by atomic mass is 16.5. The molecular weight excluding hydrogens is 294 g/mol. The molecule has 1 aromatic heterocycles. The van der Waals surface area contributed by atoms with E-state index in [0.717, 1.165) is 38.8 Å². The van der Waals surface area contributed by atoms with E-state index in [1.54, 1.807) is 18.5 Å². The molecule has 0 N–H and O–H groups in total. The van der Waals surface area contributed by atoms with Gasteiger partial charge in [0.15, 0.2) is 0 Å². The molecule has 0 aliphatic carbocycles. The fraction of sp³-hybridized carbons (Fsp3) is 0.706. The lowest BCUT2D eigenvalue weighted by atomic mass is 9.83. The number of rotatable bonds is 3. The molecule has 0 bridgehead atoms. The van der Waals surface area contributed by atoms with E-state index < -0.39 is 0 Å². The number of carbonyl (C=O) groups is 1. The summed E-state index contributed by atoms with van der Waals surface area (Å²) in [6.07, 6.45) is 6.91. The van der Waals surface area contributed by atoms with Crippen molar-refractivity contribution in [3.8, 4) is 6.01 Å². The van der Waals surface area contributed by atoms with Crippen molar-refractivity contribution in [3.05, 3.63) is 18.5 Å². The molecule has 1 atom stereocenters. The van der Waals surface area contributed by atoms with Gasteiger partial charge in [-0.3, -0.25) is 4.79 Å². The van der Waals surface area contributed by atoms with Gasteiger partial charge in [0, 0.05) is 44.2 Å². The normalized spacial score (nSPS) is 24.0.